The van der Waals surface area contributed by atoms with Crippen LogP contribution in [0.4, 0.5) is 19.0 Å². The van der Waals surface area contributed by atoms with E-state index in [-0.39, 0.29) is 0 Å². The maximum Gasteiger partial charge on any atom is 0.417 e. The lowest BCUT2D eigenvalue weighted by atomic mass is 10.1. The number of halogens is 3. The van der Waals surface area contributed by atoms with Crippen LogP contribution in [0.2, 0.25) is 0 Å². The molecule has 0 bridgehead atoms. The Morgan fingerprint density at radius 1 is 1.33 bits per heavy atom. The maximum absolute atomic E-state index is 12.8. The Kier molecular flexibility index (Phi) is 3.81. The molecule has 0 aliphatic carbocycles. The first-order chi connectivity index (χ1) is 9.86. The van der Waals surface area contributed by atoms with E-state index < -0.39 is 11.7 Å². The van der Waals surface area contributed by atoms with Crippen LogP contribution in [-0.4, -0.2) is 47.4 Å². The third-order valence-electron chi connectivity index (χ3n) is 4.11. The van der Waals surface area contributed by atoms with Crippen molar-refractivity contribution in [3.05, 3.63) is 17.8 Å². The van der Waals surface area contributed by atoms with Gasteiger partial charge in [-0.2, -0.15) is 13.2 Å². The van der Waals surface area contributed by atoms with Gasteiger partial charge in [-0.3, -0.25) is 4.90 Å². The quantitative estimate of drug-likeness (QED) is 0.792. The van der Waals surface area contributed by atoms with Crippen molar-refractivity contribution in [2.75, 3.05) is 30.3 Å². The minimum absolute atomic E-state index is 0.336. The fourth-order valence-corrected chi connectivity index (χ4v) is 4.04. The van der Waals surface area contributed by atoms with Crippen LogP contribution >= 0.6 is 11.8 Å². The molecule has 2 aliphatic rings. The summed E-state index contributed by atoms with van der Waals surface area (Å²) in [6.07, 6.45) is -3.37. The van der Waals surface area contributed by atoms with Crippen LogP contribution in [0.15, 0.2) is 17.2 Å². The molecule has 0 N–H and O–H groups in total. The van der Waals surface area contributed by atoms with Crippen LogP contribution < -0.4 is 4.90 Å². The second-order valence-electron chi connectivity index (χ2n) is 5.79. The number of aromatic nitrogens is 1. The van der Waals surface area contributed by atoms with E-state index in [0.29, 0.717) is 22.8 Å². The first-order valence-corrected chi connectivity index (χ1v) is 8.05. The van der Waals surface area contributed by atoms with Crippen LogP contribution in [0, 0.1) is 0 Å². The number of hydrogen-bond acceptors (Lipinski definition) is 4. The van der Waals surface area contributed by atoms with E-state index in [0.717, 1.165) is 31.6 Å². The monoisotopic (exact) mass is 317 g/mol. The van der Waals surface area contributed by atoms with Crippen LogP contribution in [0.3, 0.4) is 0 Å². The molecule has 3 nitrogen and oxygen atoms in total. The first-order valence-electron chi connectivity index (χ1n) is 7.07. The van der Waals surface area contributed by atoms with Gasteiger partial charge in [0, 0.05) is 37.6 Å². The van der Waals surface area contributed by atoms with Gasteiger partial charge in [-0.15, -0.1) is 11.8 Å². The zero-order chi connectivity index (χ0) is 15.2. The van der Waals surface area contributed by atoms with Gasteiger partial charge in [0.2, 0.25) is 0 Å². The van der Waals surface area contributed by atoms with Crippen molar-refractivity contribution in [1.82, 2.24) is 9.88 Å². The predicted octanol–water partition coefficient (Wildman–Crippen LogP) is 3.11. The Balaban J connectivity index is 1.85. The summed E-state index contributed by atoms with van der Waals surface area (Å²) in [4.78, 5) is 9.34. The molecule has 0 radical (unpaired) electrons. The number of thioether (sulfide) groups is 1. The van der Waals surface area contributed by atoms with Crippen LogP contribution in [0.25, 0.3) is 0 Å². The van der Waals surface area contributed by atoms with Gasteiger partial charge in [0.25, 0.3) is 0 Å². The van der Waals surface area contributed by atoms with Gasteiger partial charge in [0.15, 0.2) is 0 Å². The minimum Gasteiger partial charge on any atom is -0.349 e. The molecule has 0 unspecified atom stereocenters. The molecule has 7 heteroatoms. The van der Waals surface area contributed by atoms with E-state index in [4.69, 9.17) is 0 Å². The highest BCUT2D eigenvalue weighted by atomic mass is 32.2. The lowest BCUT2D eigenvalue weighted by Crippen LogP contribution is -2.57. The molecule has 0 amide bonds. The molecule has 0 saturated carbocycles. The summed E-state index contributed by atoms with van der Waals surface area (Å²) in [5.74, 6) is 1.53. The second-order valence-corrected chi connectivity index (χ2v) is 6.85. The molecule has 116 valence electrons. The summed E-state index contributed by atoms with van der Waals surface area (Å²) in [5.41, 5.74) is -0.659. The lowest BCUT2D eigenvalue weighted by molar-refractivity contribution is -0.138. The van der Waals surface area contributed by atoms with Gasteiger partial charge in [-0.05, 0) is 19.9 Å². The Bertz CT molecular complexity index is 533. The van der Waals surface area contributed by atoms with E-state index in [9.17, 15) is 13.2 Å². The smallest absolute Gasteiger partial charge is 0.349 e. The average Bonchev–Trinajstić information content (AvgIpc) is 2.44. The molecular weight excluding hydrogens is 299 g/mol. The van der Waals surface area contributed by atoms with E-state index in [1.54, 1.807) is 0 Å². The topological polar surface area (TPSA) is 19.4 Å². The maximum atomic E-state index is 12.8. The molecular formula is C14H18F3N3S. The van der Waals surface area contributed by atoms with Crippen molar-refractivity contribution < 1.29 is 13.2 Å². The number of fused-ring (bicyclic) bond motifs is 3. The summed E-state index contributed by atoms with van der Waals surface area (Å²) in [6.45, 7) is 7.06. The fraction of sp³-hybridized carbons (Fsp3) is 0.643. The van der Waals surface area contributed by atoms with Crippen LogP contribution in [-0.2, 0) is 6.18 Å². The van der Waals surface area contributed by atoms with E-state index in [1.807, 2.05) is 0 Å². The normalized spacial score (nSPS) is 23.1. The predicted molar refractivity (Wildman–Crippen MR) is 77.8 cm³/mol. The number of hydrogen-bond donors (Lipinski definition) is 0. The van der Waals surface area contributed by atoms with Crippen molar-refractivity contribution in [1.29, 1.82) is 0 Å². The molecule has 21 heavy (non-hydrogen) atoms. The highest BCUT2D eigenvalue weighted by molar-refractivity contribution is 7.99. The summed E-state index contributed by atoms with van der Waals surface area (Å²) in [6, 6.07) is 2.07. The number of piperazine rings is 1. The molecule has 0 aromatic carbocycles. The molecule has 3 rings (SSSR count). The van der Waals surface area contributed by atoms with Crippen molar-refractivity contribution in [3.8, 4) is 0 Å². The number of anilines is 1. The molecule has 1 aromatic heterocycles. The molecule has 1 fully saturated rings. The summed E-state index contributed by atoms with van der Waals surface area (Å²) in [5, 5.41) is 0. The summed E-state index contributed by atoms with van der Waals surface area (Å²) < 4.78 is 38.3. The Hall–Kier alpha value is -0.950. The van der Waals surface area contributed by atoms with E-state index >= 15 is 0 Å². The first kappa shape index (κ1) is 15.0. The highest BCUT2D eigenvalue weighted by Crippen LogP contribution is 2.40. The summed E-state index contributed by atoms with van der Waals surface area (Å²) >= 11 is 1.49. The zero-order valence-corrected chi connectivity index (χ0v) is 12.8. The van der Waals surface area contributed by atoms with Gasteiger partial charge in [-0.1, -0.05) is 0 Å². The molecule has 1 aromatic rings. The second kappa shape index (κ2) is 5.35. The van der Waals surface area contributed by atoms with Crippen molar-refractivity contribution in [2.45, 2.75) is 37.0 Å². The van der Waals surface area contributed by atoms with Crippen LogP contribution in [0.1, 0.15) is 19.4 Å². The van der Waals surface area contributed by atoms with Gasteiger partial charge in [0.05, 0.1) is 16.5 Å². The lowest BCUT2D eigenvalue weighted by Gasteiger charge is -2.46. The number of nitrogens with zero attached hydrogens (tertiary/aromatic N) is 3. The average molecular weight is 317 g/mol. The van der Waals surface area contributed by atoms with Crippen LogP contribution in [0.5, 0.6) is 0 Å². The van der Waals surface area contributed by atoms with Gasteiger partial charge < -0.3 is 4.90 Å². The van der Waals surface area contributed by atoms with E-state index in [1.165, 1.54) is 17.8 Å². The van der Waals surface area contributed by atoms with Gasteiger partial charge in [0.1, 0.15) is 5.82 Å². The van der Waals surface area contributed by atoms with Crippen molar-refractivity contribution >= 4 is 17.6 Å². The Morgan fingerprint density at radius 2 is 2.10 bits per heavy atom. The number of pyridine rings is 1. The standard InChI is InChI=1S/C14H18F3N3S/c1-9(2)19-3-4-20-11(7-19)8-21-12-5-10(14(15,16)17)6-18-13(12)20/h5-6,9,11H,3-4,7-8H2,1-2H3/t11-/m0/s1. The minimum atomic E-state index is -4.32. The van der Waals surface area contributed by atoms with Crippen molar-refractivity contribution in [3.63, 3.8) is 0 Å². The SMILES string of the molecule is CC(C)N1CCN2c3ncc(C(F)(F)F)cc3SC[C@@H]2C1. The highest BCUT2D eigenvalue weighted by Gasteiger charge is 2.36. The molecule has 3 heterocycles. The zero-order valence-electron chi connectivity index (χ0n) is 12.0. The Morgan fingerprint density at radius 3 is 2.76 bits per heavy atom. The number of alkyl halides is 3. The molecule has 0 spiro atoms. The third-order valence-corrected chi connectivity index (χ3v) is 5.27. The van der Waals surface area contributed by atoms with Crippen molar-refractivity contribution in [2.24, 2.45) is 0 Å². The summed E-state index contributed by atoms with van der Waals surface area (Å²) in [7, 11) is 0. The largest absolute Gasteiger partial charge is 0.417 e. The molecule has 2 aliphatic heterocycles. The Labute approximate surface area is 126 Å². The van der Waals surface area contributed by atoms with Gasteiger partial charge in [-0.25, -0.2) is 4.98 Å². The number of rotatable bonds is 1. The van der Waals surface area contributed by atoms with Gasteiger partial charge >= 0.3 is 6.18 Å². The van der Waals surface area contributed by atoms with E-state index in [2.05, 4.69) is 28.6 Å². The third kappa shape index (κ3) is 2.85. The fourth-order valence-electron chi connectivity index (χ4n) is 2.87. The molecule has 1 atom stereocenters. The molecule has 1 saturated heterocycles.